The summed E-state index contributed by atoms with van der Waals surface area (Å²) in [7, 11) is 0. The minimum absolute atomic E-state index is 0.0262. The number of anilines is 2. The Hall–Kier alpha value is -4.07. The molecule has 2 aromatic carbocycles. The fourth-order valence-electron chi connectivity index (χ4n) is 5.90. The first-order valence-electron chi connectivity index (χ1n) is 13.6. The van der Waals surface area contributed by atoms with Gasteiger partial charge in [-0.25, -0.2) is 15.1 Å². The van der Waals surface area contributed by atoms with Crippen LogP contribution in [-0.2, 0) is 25.8 Å². The van der Waals surface area contributed by atoms with Crippen molar-refractivity contribution in [2.75, 3.05) is 4.90 Å². The number of aromatic nitrogens is 7. The van der Waals surface area contributed by atoms with Gasteiger partial charge in [-0.2, -0.15) is 0 Å². The van der Waals surface area contributed by atoms with Crippen LogP contribution in [0.25, 0.3) is 11.2 Å². The maximum Gasteiger partial charge on any atom is 0.171 e. The molecule has 3 aromatic heterocycles. The lowest BCUT2D eigenvalue weighted by molar-refractivity contribution is 0.587. The molecule has 8 heteroatoms. The van der Waals surface area contributed by atoms with Gasteiger partial charge in [0, 0.05) is 23.5 Å². The lowest BCUT2D eigenvalue weighted by Gasteiger charge is -2.33. The zero-order valence-electron chi connectivity index (χ0n) is 22.6. The Morgan fingerprint density at radius 2 is 1.76 bits per heavy atom. The minimum atomic E-state index is 0.0262. The van der Waals surface area contributed by atoms with E-state index >= 15 is 0 Å². The number of hydrogen-bond acceptors (Lipinski definition) is 6. The molecule has 0 saturated heterocycles. The fourth-order valence-corrected chi connectivity index (χ4v) is 5.90. The molecular formula is C30H34N8. The monoisotopic (exact) mass is 506 g/mol. The smallest absolute Gasteiger partial charge is 0.171 e. The van der Waals surface area contributed by atoms with E-state index in [1.807, 2.05) is 0 Å². The minimum Gasteiger partial charge on any atom is -0.330 e. The summed E-state index contributed by atoms with van der Waals surface area (Å²) in [5, 5.41) is 15.2. The Morgan fingerprint density at radius 3 is 2.55 bits per heavy atom. The van der Waals surface area contributed by atoms with Gasteiger partial charge in [-0.1, -0.05) is 50.6 Å². The molecule has 8 nitrogen and oxygen atoms in total. The van der Waals surface area contributed by atoms with Crippen LogP contribution in [0.15, 0.2) is 48.5 Å². The van der Waals surface area contributed by atoms with Crippen molar-refractivity contribution in [2.24, 2.45) is 0 Å². The average Bonchev–Trinajstić information content (AvgIpc) is 3.54. The van der Waals surface area contributed by atoms with E-state index in [-0.39, 0.29) is 6.04 Å². The van der Waals surface area contributed by atoms with Gasteiger partial charge in [0.1, 0.15) is 11.3 Å². The molecule has 0 saturated carbocycles. The van der Waals surface area contributed by atoms with E-state index in [0.29, 0.717) is 0 Å². The number of H-pyrrole nitrogens is 1. The summed E-state index contributed by atoms with van der Waals surface area (Å²) in [6.45, 7) is 9.31. The van der Waals surface area contributed by atoms with Crippen LogP contribution >= 0.6 is 0 Å². The number of rotatable bonds is 7. The summed E-state index contributed by atoms with van der Waals surface area (Å²) in [6.07, 6.45) is 4.80. The number of imidazole rings is 1. The lowest BCUT2D eigenvalue weighted by Crippen LogP contribution is -2.26. The van der Waals surface area contributed by atoms with Crippen molar-refractivity contribution >= 4 is 22.5 Å². The Labute approximate surface area is 223 Å². The number of hydrogen-bond donors (Lipinski definition) is 1. The van der Waals surface area contributed by atoms with Crippen molar-refractivity contribution < 1.29 is 0 Å². The van der Waals surface area contributed by atoms with Gasteiger partial charge >= 0.3 is 0 Å². The number of fused-ring (bicyclic) bond motifs is 3. The number of aromatic amines is 1. The van der Waals surface area contributed by atoms with Gasteiger partial charge in [0.15, 0.2) is 11.5 Å². The predicted molar refractivity (Wildman–Crippen MR) is 150 cm³/mol. The van der Waals surface area contributed by atoms with Crippen LogP contribution in [0.1, 0.15) is 72.3 Å². The summed E-state index contributed by atoms with van der Waals surface area (Å²) in [4.78, 5) is 12.3. The van der Waals surface area contributed by atoms with E-state index in [0.717, 1.165) is 67.2 Å². The third kappa shape index (κ3) is 4.23. The van der Waals surface area contributed by atoms with Gasteiger partial charge in [-0.15, -0.1) is 5.10 Å². The van der Waals surface area contributed by atoms with Gasteiger partial charge in [0.25, 0.3) is 0 Å². The second kappa shape index (κ2) is 10.0. The van der Waals surface area contributed by atoms with E-state index in [1.54, 1.807) is 0 Å². The largest absolute Gasteiger partial charge is 0.330 e. The lowest BCUT2D eigenvalue weighted by atomic mass is 10.0. The van der Waals surface area contributed by atoms with Crippen molar-refractivity contribution in [1.82, 2.24) is 35.2 Å². The highest BCUT2D eigenvalue weighted by Gasteiger charge is 2.30. The number of pyridine rings is 1. The molecule has 0 amide bonds. The van der Waals surface area contributed by atoms with Crippen LogP contribution < -0.4 is 4.90 Å². The van der Waals surface area contributed by atoms with Crippen molar-refractivity contribution in [3.63, 3.8) is 0 Å². The zero-order valence-corrected chi connectivity index (χ0v) is 22.6. The third-order valence-corrected chi connectivity index (χ3v) is 7.63. The highest BCUT2D eigenvalue weighted by molar-refractivity contribution is 5.76. The Morgan fingerprint density at radius 1 is 0.947 bits per heavy atom. The van der Waals surface area contributed by atoms with E-state index in [1.165, 1.54) is 33.6 Å². The normalized spacial score (nSPS) is 13.8. The highest BCUT2D eigenvalue weighted by atomic mass is 15.5. The van der Waals surface area contributed by atoms with E-state index in [4.69, 9.17) is 9.97 Å². The Bertz CT molecular complexity index is 1580. The third-order valence-electron chi connectivity index (χ3n) is 7.63. The first kappa shape index (κ1) is 24.3. The molecule has 1 aliphatic rings. The van der Waals surface area contributed by atoms with Gasteiger partial charge in [0.2, 0.25) is 0 Å². The second-order valence-electron chi connectivity index (χ2n) is 10.3. The summed E-state index contributed by atoms with van der Waals surface area (Å²) in [5.41, 5.74) is 10.6. The van der Waals surface area contributed by atoms with E-state index < -0.39 is 0 Å². The van der Waals surface area contributed by atoms with Crippen molar-refractivity contribution in [1.29, 1.82) is 0 Å². The zero-order chi connectivity index (χ0) is 26.2. The van der Waals surface area contributed by atoms with Crippen LogP contribution in [0.4, 0.5) is 11.4 Å². The van der Waals surface area contributed by atoms with Gasteiger partial charge in [0.05, 0.1) is 12.6 Å². The fraction of sp³-hybridized carbons (Fsp3) is 0.367. The Kier molecular flexibility index (Phi) is 6.39. The first-order chi connectivity index (χ1) is 18.6. The van der Waals surface area contributed by atoms with Gasteiger partial charge in [-0.05, 0) is 84.0 Å². The van der Waals surface area contributed by atoms with Crippen LogP contribution in [-0.4, -0.2) is 35.2 Å². The van der Waals surface area contributed by atoms with E-state index in [9.17, 15) is 0 Å². The average molecular weight is 507 g/mol. The topological polar surface area (TPSA) is 88.4 Å². The molecule has 194 valence electrons. The van der Waals surface area contributed by atoms with Crippen LogP contribution in [0, 0.1) is 13.8 Å². The van der Waals surface area contributed by atoms with Crippen molar-refractivity contribution in [3.05, 3.63) is 88.1 Å². The highest BCUT2D eigenvalue weighted by Crippen LogP contribution is 2.43. The van der Waals surface area contributed by atoms with Crippen LogP contribution in [0.5, 0.6) is 0 Å². The van der Waals surface area contributed by atoms with Crippen molar-refractivity contribution in [2.45, 2.75) is 72.4 Å². The van der Waals surface area contributed by atoms with Crippen molar-refractivity contribution in [3.8, 4) is 0 Å². The molecule has 0 fully saturated rings. The molecule has 5 aromatic rings. The number of aryl methyl sites for hydroxylation is 5. The molecule has 1 aliphatic heterocycles. The first-order valence-corrected chi connectivity index (χ1v) is 13.6. The molecule has 1 N–H and O–H groups in total. The van der Waals surface area contributed by atoms with Crippen LogP contribution in [0.2, 0.25) is 0 Å². The summed E-state index contributed by atoms with van der Waals surface area (Å²) in [6, 6.07) is 17.8. The quantitative estimate of drug-likeness (QED) is 0.293. The van der Waals surface area contributed by atoms with Crippen LogP contribution in [0.3, 0.4) is 0 Å². The SMILES string of the molecule is CCCC(c1nnn[nH]1)N1c2ccccc2CCc2cc(Cn3c(CC)nc4c(C)cc(C)nc43)ccc21. The van der Waals surface area contributed by atoms with E-state index in [2.05, 4.69) is 106 Å². The summed E-state index contributed by atoms with van der Waals surface area (Å²) < 4.78 is 2.29. The molecule has 0 bridgehead atoms. The molecular weight excluding hydrogens is 472 g/mol. The molecule has 0 spiro atoms. The summed E-state index contributed by atoms with van der Waals surface area (Å²) >= 11 is 0. The second-order valence-corrected chi connectivity index (χ2v) is 10.3. The van der Waals surface area contributed by atoms with Gasteiger partial charge < -0.3 is 9.47 Å². The molecule has 0 aliphatic carbocycles. The van der Waals surface area contributed by atoms with Gasteiger partial charge in [-0.3, -0.25) is 0 Å². The molecule has 0 radical (unpaired) electrons. The summed E-state index contributed by atoms with van der Waals surface area (Å²) in [5.74, 6) is 1.87. The number of nitrogens with zero attached hydrogens (tertiary/aromatic N) is 7. The maximum absolute atomic E-state index is 4.95. The molecule has 38 heavy (non-hydrogen) atoms. The number of tetrazole rings is 1. The predicted octanol–water partition coefficient (Wildman–Crippen LogP) is 5.95. The molecule has 1 atom stereocenters. The number of para-hydroxylation sites is 1. The molecule has 4 heterocycles. The number of benzene rings is 2. The molecule has 6 rings (SSSR count). The standard InChI is InChI=1S/C30H34N8/c1-5-9-26(29-33-35-36-34-29)38-24-11-8-7-10-22(24)13-14-23-17-21(12-15-25(23)38)18-37-27(6-2)32-28-19(3)16-20(4)31-30(28)37/h7-8,10-12,15-17,26H,5-6,9,13-14,18H2,1-4H3,(H,33,34,35,36). The number of nitrogens with one attached hydrogen (secondary N) is 1. The maximum atomic E-state index is 4.95. The Balaban J connectivity index is 1.45. The molecule has 1 unspecified atom stereocenters.